The average Bonchev–Trinajstić information content (AvgIpc) is 2.81. The lowest BCUT2D eigenvalue weighted by Gasteiger charge is -2.13. The monoisotopic (exact) mass is 568 g/mol. The van der Waals surface area contributed by atoms with Crippen molar-refractivity contribution < 1.29 is 13.2 Å². The Morgan fingerprint density at radius 2 is 1.75 bits per heavy atom. The van der Waals surface area contributed by atoms with Gasteiger partial charge < -0.3 is 15.4 Å². The predicted molar refractivity (Wildman–Crippen MR) is 140 cm³/mol. The van der Waals surface area contributed by atoms with Gasteiger partial charge in [0.25, 0.3) is 0 Å². The molecular weight excluding hydrogens is 539 g/mol. The average molecular weight is 568 g/mol. The minimum atomic E-state index is -3.46. The van der Waals surface area contributed by atoms with Crippen LogP contribution in [-0.4, -0.2) is 41.6 Å². The Morgan fingerprint density at radius 1 is 0.969 bits per heavy atom. The van der Waals surface area contributed by atoms with Crippen molar-refractivity contribution in [1.82, 2.24) is 15.4 Å². The summed E-state index contributed by atoms with van der Waals surface area (Å²) >= 11 is 0. The molecule has 3 aromatic carbocycles. The summed E-state index contributed by atoms with van der Waals surface area (Å²) in [5.41, 5.74) is 0.846. The molecule has 3 N–H and O–H groups in total. The number of benzene rings is 3. The largest absolute Gasteiger partial charge is 0.494 e. The van der Waals surface area contributed by atoms with E-state index in [1.807, 2.05) is 30.3 Å². The van der Waals surface area contributed by atoms with Gasteiger partial charge in [0.15, 0.2) is 5.96 Å². The number of sulfonamides is 1. The molecule has 0 saturated heterocycles. The molecular formula is C23H29IN4O3S. The van der Waals surface area contributed by atoms with E-state index in [9.17, 15) is 8.42 Å². The number of rotatable bonds is 9. The zero-order chi connectivity index (χ0) is 22.1. The van der Waals surface area contributed by atoms with E-state index >= 15 is 0 Å². The molecule has 0 bridgehead atoms. The first kappa shape index (κ1) is 25.9. The van der Waals surface area contributed by atoms with Gasteiger partial charge >= 0.3 is 0 Å². The van der Waals surface area contributed by atoms with Crippen molar-refractivity contribution in [2.45, 2.75) is 17.9 Å². The summed E-state index contributed by atoms with van der Waals surface area (Å²) in [6.45, 7) is 1.74. The Morgan fingerprint density at radius 3 is 2.50 bits per heavy atom. The van der Waals surface area contributed by atoms with E-state index in [2.05, 4.69) is 38.5 Å². The topological polar surface area (TPSA) is 91.8 Å². The number of ether oxygens (including phenoxy) is 1. The molecule has 0 unspecified atom stereocenters. The number of hydrogen-bond acceptors (Lipinski definition) is 4. The zero-order valence-electron chi connectivity index (χ0n) is 18.2. The molecule has 0 fully saturated rings. The second-order valence-corrected chi connectivity index (χ2v) is 8.81. The Hall–Kier alpha value is -2.37. The molecule has 9 heteroatoms. The molecule has 172 valence electrons. The highest BCUT2D eigenvalue weighted by molar-refractivity contribution is 14.0. The summed E-state index contributed by atoms with van der Waals surface area (Å²) in [5.74, 6) is 1.50. The third-order valence-electron chi connectivity index (χ3n) is 4.76. The summed E-state index contributed by atoms with van der Waals surface area (Å²) in [4.78, 5) is 4.44. The van der Waals surface area contributed by atoms with Crippen LogP contribution < -0.4 is 20.1 Å². The smallest absolute Gasteiger partial charge is 0.240 e. The molecule has 0 amide bonds. The fourth-order valence-corrected chi connectivity index (χ4v) is 3.87. The molecule has 0 spiro atoms. The number of hydrogen-bond donors (Lipinski definition) is 3. The lowest BCUT2D eigenvalue weighted by Crippen LogP contribution is -2.37. The fourth-order valence-electron chi connectivity index (χ4n) is 3.07. The van der Waals surface area contributed by atoms with Crippen molar-refractivity contribution in [1.29, 1.82) is 0 Å². The van der Waals surface area contributed by atoms with Gasteiger partial charge in [-0.05, 0) is 54.1 Å². The molecule has 32 heavy (non-hydrogen) atoms. The quantitative estimate of drug-likeness (QED) is 0.159. The van der Waals surface area contributed by atoms with E-state index in [0.29, 0.717) is 25.7 Å². The maximum absolute atomic E-state index is 11.9. The van der Waals surface area contributed by atoms with Crippen LogP contribution in [-0.2, 0) is 16.6 Å². The van der Waals surface area contributed by atoms with E-state index < -0.39 is 10.0 Å². The number of fused-ring (bicyclic) bond motifs is 1. The van der Waals surface area contributed by atoms with E-state index in [1.165, 1.54) is 12.4 Å². The van der Waals surface area contributed by atoms with Crippen LogP contribution in [0.15, 0.2) is 76.6 Å². The van der Waals surface area contributed by atoms with Gasteiger partial charge in [0.2, 0.25) is 10.0 Å². The van der Waals surface area contributed by atoms with E-state index in [0.717, 1.165) is 23.1 Å². The van der Waals surface area contributed by atoms with Crippen molar-refractivity contribution >= 4 is 50.7 Å². The Balaban J connectivity index is 0.00000363. The van der Waals surface area contributed by atoms with Gasteiger partial charge in [-0.2, -0.15) is 0 Å². The minimum absolute atomic E-state index is 0. The third-order valence-corrected chi connectivity index (χ3v) is 6.18. The van der Waals surface area contributed by atoms with Crippen LogP contribution in [0.4, 0.5) is 0 Å². The maximum atomic E-state index is 11.9. The number of guanidine groups is 1. The van der Waals surface area contributed by atoms with Gasteiger partial charge in [-0.3, -0.25) is 4.99 Å². The van der Waals surface area contributed by atoms with Crippen LogP contribution in [0.25, 0.3) is 10.8 Å². The summed E-state index contributed by atoms with van der Waals surface area (Å²) in [5, 5.41) is 8.79. The maximum Gasteiger partial charge on any atom is 0.240 e. The Kier molecular flexibility index (Phi) is 10.2. The fraction of sp³-hybridized carbons (Fsp3) is 0.261. The van der Waals surface area contributed by atoms with Gasteiger partial charge in [0, 0.05) is 20.1 Å². The number of halogens is 1. The van der Waals surface area contributed by atoms with Crippen LogP contribution in [0.5, 0.6) is 5.75 Å². The highest BCUT2D eigenvalue weighted by Gasteiger charge is 2.11. The summed E-state index contributed by atoms with van der Waals surface area (Å²) < 4.78 is 32.1. The molecule has 0 radical (unpaired) electrons. The lowest BCUT2D eigenvalue weighted by molar-refractivity contribution is 0.311. The second-order valence-electron chi connectivity index (χ2n) is 6.92. The molecule has 0 heterocycles. The molecule has 0 saturated carbocycles. The van der Waals surface area contributed by atoms with Gasteiger partial charge in [0.1, 0.15) is 5.75 Å². The summed E-state index contributed by atoms with van der Waals surface area (Å²) in [6.07, 6.45) is 0.809. The first-order chi connectivity index (χ1) is 15.0. The molecule has 0 aliphatic rings. The van der Waals surface area contributed by atoms with Gasteiger partial charge in [-0.25, -0.2) is 13.1 Å². The summed E-state index contributed by atoms with van der Waals surface area (Å²) in [6, 6.07) is 21.1. The molecule has 7 nitrogen and oxygen atoms in total. The molecule has 0 aromatic heterocycles. The zero-order valence-corrected chi connectivity index (χ0v) is 21.3. The second kappa shape index (κ2) is 12.6. The lowest BCUT2D eigenvalue weighted by atomic mass is 10.1. The molecule has 0 aliphatic heterocycles. The highest BCUT2D eigenvalue weighted by atomic mass is 127. The SMILES string of the molecule is CN=C(NCCCOc1ccc2ccccc2c1)NCc1cccc(S(=O)(=O)NC)c1.I. The van der Waals surface area contributed by atoms with Crippen LogP contribution >= 0.6 is 24.0 Å². The molecule has 0 atom stereocenters. The Bertz CT molecular complexity index is 1150. The van der Waals surface area contributed by atoms with Gasteiger partial charge in [-0.15, -0.1) is 24.0 Å². The van der Waals surface area contributed by atoms with E-state index in [4.69, 9.17) is 4.74 Å². The van der Waals surface area contributed by atoms with Crippen molar-refractivity contribution in [2.75, 3.05) is 27.2 Å². The normalized spacial score (nSPS) is 11.6. The number of aliphatic imine (C=N–C) groups is 1. The van der Waals surface area contributed by atoms with E-state index in [1.54, 1.807) is 25.2 Å². The van der Waals surface area contributed by atoms with Crippen molar-refractivity contribution in [2.24, 2.45) is 4.99 Å². The molecule has 0 aliphatic carbocycles. The van der Waals surface area contributed by atoms with Crippen LogP contribution in [0, 0.1) is 0 Å². The van der Waals surface area contributed by atoms with Crippen LogP contribution in [0.2, 0.25) is 0 Å². The number of nitrogens with one attached hydrogen (secondary N) is 3. The predicted octanol–water partition coefficient (Wildman–Crippen LogP) is 3.50. The third kappa shape index (κ3) is 7.35. The van der Waals surface area contributed by atoms with Crippen LogP contribution in [0.3, 0.4) is 0 Å². The van der Waals surface area contributed by atoms with Gasteiger partial charge in [0.05, 0.1) is 11.5 Å². The van der Waals surface area contributed by atoms with Crippen molar-refractivity contribution in [3.8, 4) is 5.75 Å². The van der Waals surface area contributed by atoms with Crippen molar-refractivity contribution in [3.63, 3.8) is 0 Å². The minimum Gasteiger partial charge on any atom is -0.494 e. The molecule has 3 aromatic rings. The standard InChI is InChI=1S/C23H28N4O3S.HI/c1-24-23(27-17-18-7-5-10-22(15-18)31(28,29)25-2)26-13-6-14-30-21-12-11-19-8-3-4-9-20(19)16-21;/h3-5,7-12,15-16,25H,6,13-14,17H2,1-2H3,(H2,24,26,27);1H. The first-order valence-corrected chi connectivity index (χ1v) is 11.6. The van der Waals surface area contributed by atoms with E-state index in [-0.39, 0.29) is 28.9 Å². The summed E-state index contributed by atoms with van der Waals surface area (Å²) in [7, 11) is -0.362. The highest BCUT2D eigenvalue weighted by Crippen LogP contribution is 2.20. The number of nitrogens with zero attached hydrogens (tertiary/aromatic N) is 1. The van der Waals surface area contributed by atoms with Gasteiger partial charge in [-0.1, -0.05) is 42.5 Å². The first-order valence-electron chi connectivity index (χ1n) is 10.1. The molecule has 3 rings (SSSR count). The van der Waals surface area contributed by atoms with Crippen LogP contribution in [0.1, 0.15) is 12.0 Å². The van der Waals surface area contributed by atoms with Crippen molar-refractivity contribution in [3.05, 3.63) is 72.3 Å². The Labute approximate surface area is 206 Å².